The lowest BCUT2D eigenvalue weighted by Gasteiger charge is -2.44. The fourth-order valence-corrected chi connectivity index (χ4v) is 9.11. The van der Waals surface area contributed by atoms with Gasteiger partial charge in [-0.1, -0.05) is 44.6 Å². The molecule has 0 aromatic heterocycles. The molecule has 4 aliphatic rings. The molecule has 8 heteroatoms. The van der Waals surface area contributed by atoms with Crippen LogP contribution in [0.2, 0.25) is 0 Å². The summed E-state index contributed by atoms with van der Waals surface area (Å²) in [5, 5.41) is 10.4. The lowest BCUT2D eigenvalue weighted by atomic mass is 9.61. The Morgan fingerprint density at radius 1 is 1.21 bits per heavy atom. The van der Waals surface area contributed by atoms with Gasteiger partial charge in [0.05, 0.1) is 18.0 Å². The van der Waals surface area contributed by atoms with Crippen LogP contribution in [0, 0.1) is 40.4 Å². The standard InChI is InChI=1S/C31H50O7S/c1-19(11-12-20(2)29(4,5)33)24-13-14-25-22(10-9-15-30(24,25)6)16-27(36-7)31-18-23(31)17-26(37-21(3)32)28(31)38-39(8,34)35/h11-12,16,19-20,23-28,33H,9-10,13-15,17-18H2,1-8H3/b12-11+,22-16+/t19-,20+,23?,24?,25+,26+,27?,28?,30-,31?/m1/s1. The van der Waals surface area contributed by atoms with Gasteiger partial charge in [-0.15, -0.1) is 0 Å². The normalized spacial score (nSPS) is 39.8. The minimum Gasteiger partial charge on any atom is -0.460 e. The van der Waals surface area contributed by atoms with E-state index in [2.05, 4.69) is 39.0 Å². The molecule has 222 valence electrons. The largest absolute Gasteiger partial charge is 0.460 e. The Kier molecular flexibility index (Phi) is 8.57. The zero-order chi connectivity index (χ0) is 29.0. The molecule has 1 N–H and O–H groups in total. The minimum absolute atomic E-state index is 0.0873. The van der Waals surface area contributed by atoms with Gasteiger partial charge in [0.2, 0.25) is 0 Å². The summed E-state index contributed by atoms with van der Waals surface area (Å²) in [5.74, 6) is 1.30. The highest BCUT2D eigenvalue weighted by Gasteiger charge is 2.72. The Morgan fingerprint density at radius 2 is 1.90 bits per heavy atom. The summed E-state index contributed by atoms with van der Waals surface area (Å²) < 4.78 is 41.7. The van der Waals surface area contributed by atoms with Gasteiger partial charge in [0, 0.05) is 25.4 Å². The van der Waals surface area contributed by atoms with Gasteiger partial charge in [-0.2, -0.15) is 8.42 Å². The van der Waals surface area contributed by atoms with E-state index in [-0.39, 0.29) is 23.4 Å². The van der Waals surface area contributed by atoms with Crippen molar-refractivity contribution >= 4 is 16.1 Å². The zero-order valence-electron chi connectivity index (χ0n) is 25.1. The van der Waals surface area contributed by atoms with E-state index in [1.165, 1.54) is 25.3 Å². The second-order valence-corrected chi connectivity index (χ2v) is 15.4. The molecule has 0 bridgehead atoms. The maximum Gasteiger partial charge on any atom is 0.302 e. The third-order valence-electron chi connectivity index (χ3n) is 10.8. The zero-order valence-corrected chi connectivity index (χ0v) is 25.9. The van der Waals surface area contributed by atoms with Gasteiger partial charge in [0.1, 0.15) is 12.2 Å². The van der Waals surface area contributed by atoms with E-state index >= 15 is 0 Å². The van der Waals surface area contributed by atoms with Gasteiger partial charge in [0.15, 0.2) is 0 Å². The van der Waals surface area contributed by atoms with Gasteiger partial charge < -0.3 is 14.6 Å². The van der Waals surface area contributed by atoms with Crippen LogP contribution in [0.15, 0.2) is 23.8 Å². The van der Waals surface area contributed by atoms with E-state index in [9.17, 15) is 18.3 Å². The number of carbonyl (C=O) groups excluding carboxylic acids is 1. The molecule has 0 saturated heterocycles. The van der Waals surface area contributed by atoms with Crippen molar-refractivity contribution in [1.82, 2.24) is 0 Å². The van der Waals surface area contributed by atoms with E-state index in [1.807, 2.05) is 13.8 Å². The number of aliphatic hydroxyl groups is 1. The van der Waals surface area contributed by atoms with Crippen LogP contribution in [0.1, 0.15) is 86.5 Å². The van der Waals surface area contributed by atoms with Gasteiger partial charge >= 0.3 is 5.97 Å². The molecular formula is C31H50O7S. The van der Waals surface area contributed by atoms with Crippen LogP contribution in [-0.2, 0) is 28.6 Å². The molecule has 4 rings (SSSR count). The Labute approximate surface area is 235 Å². The Balaban J connectivity index is 1.58. The Morgan fingerprint density at radius 3 is 2.49 bits per heavy atom. The Hall–Kier alpha value is -1.22. The van der Waals surface area contributed by atoms with E-state index < -0.39 is 39.3 Å². The topological polar surface area (TPSA) is 99.1 Å². The van der Waals surface area contributed by atoms with Crippen LogP contribution in [0.5, 0.6) is 0 Å². The molecule has 10 atom stereocenters. The number of rotatable bonds is 10. The summed E-state index contributed by atoms with van der Waals surface area (Å²) in [5.41, 5.74) is 0.374. The number of hydrogen-bond acceptors (Lipinski definition) is 7. The lowest BCUT2D eigenvalue weighted by Crippen LogP contribution is -2.43. The van der Waals surface area contributed by atoms with Gasteiger partial charge in [0.25, 0.3) is 10.1 Å². The van der Waals surface area contributed by atoms with E-state index in [0.29, 0.717) is 24.2 Å². The van der Waals surface area contributed by atoms with Crippen molar-refractivity contribution in [2.45, 2.75) is 110 Å². The van der Waals surface area contributed by atoms with Gasteiger partial charge in [-0.05, 0) is 87.9 Å². The number of ether oxygens (including phenoxy) is 2. The van der Waals surface area contributed by atoms with Crippen molar-refractivity contribution in [3.05, 3.63) is 23.8 Å². The second kappa shape index (κ2) is 10.9. The summed E-state index contributed by atoms with van der Waals surface area (Å²) >= 11 is 0. The monoisotopic (exact) mass is 566 g/mol. The van der Waals surface area contributed by atoms with Gasteiger partial charge in [-0.25, -0.2) is 0 Å². The fraction of sp³-hybridized carbons (Fsp3) is 0.839. The van der Waals surface area contributed by atoms with E-state index in [0.717, 1.165) is 31.9 Å². The van der Waals surface area contributed by atoms with Crippen molar-refractivity contribution in [1.29, 1.82) is 0 Å². The molecule has 0 amide bonds. The minimum atomic E-state index is -3.75. The summed E-state index contributed by atoms with van der Waals surface area (Å²) in [4.78, 5) is 11.8. The highest BCUT2D eigenvalue weighted by atomic mass is 32.2. The number of carbonyl (C=O) groups is 1. The molecule has 4 saturated carbocycles. The van der Waals surface area contributed by atoms with Crippen LogP contribution >= 0.6 is 0 Å². The van der Waals surface area contributed by atoms with E-state index in [1.54, 1.807) is 7.11 Å². The number of methoxy groups -OCH3 is 1. The molecule has 0 radical (unpaired) electrons. The van der Waals surface area contributed by atoms with Crippen LogP contribution < -0.4 is 0 Å². The maximum absolute atomic E-state index is 12.2. The van der Waals surface area contributed by atoms with Crippen LogP contribution in [0.4, 0.5) is 0 Å². The first kappa shape index (κ1) is 30.7. The molecule has 4 fully saturated rings. The number of hydrogen-bond donors (Lipinski definition) is 1. The number of fused-ring (bicyclic) bond motifs is 2. The molecule has 5 unspecified atom stereocenters. The van der Waals surface area contributed by atoms with Gasteiger partial charge in [-0.3, -0.25) is 8.98 Å². The first-order valence-electron chi connectivity index (χ1n) is 14.7. The number of allylic oxidation sites excluding steroid dienone is 2. The maximum atomic E-state index is 12.2. The van der Waals surface area contributed by atoms with Crippen molar-refractivity contribution in [3.63, 3.8) is 0 Å². The summed E-state index contributed by atoms with van der Waals surface area (Å²) in [6.45, 7) is 11.9. The molecule has 0 heterocycles. The molecule has 0 aromatic rings. The van der Waals surface area contributed by atoms with Crippen molar-refractivity contribution < 1.29 is 32.0 Å². The average Bonchev–Trinajstić information content (AvgIpc) is 3.30. The first-order valence-corrected chi connectivity index (χ1v) is 16.5. The predicted octanol–water partition coefficient (Wildman–Crippen LogP) is 5.43. The SMILES string of the molecule is COC(/C=C1\CCC[C@]2(C)C([C@H](C)/C=C/[C@H](C)C(C)(C)O)CC[C@@H]12)C12CC1C[C@H](OC(C)=O)C2OS(C)(=O)=O. The van der Waals surface area contributed by atoms with Crippen LogP contribution in [0.25, 0.3) is 0 Å². The molecular weight excluding hydrogens is 516 g/mol. The van der Waals surface area contributed by atoms with Crippen LogP contribution in [-0.4, -0.2) is 56.8 Å². The summed E-state index contributed by atoms with van der Waals surface area (Å²) in [7, 11) is -2.05. The number of esters is 1. The smallest absolute Gasteiger partial charge is 0.302 e. The highest BCUT2D eigenvalue weighted by Crippen LogP contribution is 2.68. The summed E-state index contributed by atoms with van der Waals surface area (Å²) in [6, 6.07) is 0. The third-order valence-corrected chi connectivity index (χ3v) is 11.4. The molecule has 0 aromatic carbocycles. The average molecular weight is 567 g/mol. The van der Waals surface area contributed by atoms with Crippen molar-refractivity contribution in [2.75, 3.05) is 13.4 Å². The Bertz CT molecular complexity index is 1090. The lowest BCUT2D eigenvalue weighted by molar-refractivity contribution is -0.152. The van der Waals surface area contributed by atoms with Crippen LogP contribution in [0.3, 0.4) is 0 Å². The summed E-state index contributed by atoms with van der Waals surface area (Å²) in [6.07, 6.45) is 13.3. The fourth-order valence-electron chi connectivity index (χ4n) is 8.43. The highest BCUT2D eigenvalue weighted by molar-refractivity contribution is 7.86. The molecule has 0 aliphatic heterocycles. The first-order chi connectivity index (χ1) is 18.0. The quantitative estimate of drug-likeness (QED) is 0.214. The molecule has 0 spiro atoms. The predicted molar refractivity (Wildman–Crippen MR) is 151 cm³/mol. The van der Waals surface area contributed by atoms with E-state index in [4.69, 9.17) is 13.7 Å². The molecule has 4 aliphatic carbocycles. The van der Waals surface area contributed by atoms with Crippen molar-refractivity contribution in [3.8, 4) is 0 Å². The molecule has 7 nitrogen and oxygen atoms in total. The second-order valence-electron chi connectivity index (χ2n) is 13.8. The van der Waals surface area contributed by atoms with Crippen molar-refractivity contribution in [2.24, 2.45) is 40.4 Å². The third kappa shape index (κ3) is 6.05. The molecule has 39 heavy (non-hydrogen) atoms.